The number of aromatic nitrogens is 1. The van der Waals surface area contributed by atoms with Crippen molar-refractivity contribution in [1.82, 2.24) is 4.98 Å². The number of phenols is 1. The van der Waals surface area contributed by atoms with Gasteiger partial charge in [0.2, 0.25) is 5.88 Å². The van der Waals surface area contributed by atoms with Gasteiger partial charge < -0.3 is 14.9 Å². The zero-order chi connectivity index (χ0) is 19.6. The van der Waals surface area contributed by atoms with Gasteiger partial charge in [-0.2, -0.15) is 0 Å². The third kappa shape index (κ3) is 4.31. The largest absolute Gasteiger partial charge is 0.504 e. The fourth-order valence-corrected chi connectivity index (χ4v) is 3.06. The van der Waals surface area contributed by atoms with Gasteiger partial charge in [-0.1, -0.05) is 22.0 Å². The second kappa shape index (κ2) is 7.84. The topological polar surface area (TPSA) is 94.9 Å². The van der Waals surface area contributed by atoms with E-state index in [4.69, 9.17) is 4.74 Å². The third-order valence-corrected chi connectivity index (χ3v) is 4.38. The highest BCUT2D eigenvalue weighted by Crippen LogP contribution is 2.28. The van der Waals surface area contributed by atoms with Gasteiger partial charge in [-0.05, 0) is 49.7 Å². The van der Waals surface area contributed by atoms with Crippen LogP contribution < -0.4 is 10.3 Å². The lowest BCUT2D eigenvalue weighted by Crippen LogP contribution is -2.08. The minimum atomic E-state index is -0.363. The molecule has 3 rings (SSSR count). The van der Waals surface area contributed by atoms with Crippen LogP contribution in [-0.4, -0.2) is 27.5 Å². The molecule has 2 aromatic carbocycles. The highest BCUT2D eigenvalue weighted by atomic mass is 79.9. The third-order valence-electron chi connectivity index (χ3n) is 3.88. The summed E-state index contributed by atoms with van der Waals surface area (Å²) in [5.41, 5.74) is 0.849. The van der Waals surface area contributed by atoms with Crippen LogP contribution in [0.25, 0.3) is 10.8 Å². The van der Waals surface area contributed by atoms with Gasteiger partial charge in [-0.25, -0.2) is 0 Å². The van der Waals surface area contributed by atoms with Crippen molar-refractivity contribution in [2.75, 3.05) is 0 Å². The van der Waals surface area contributed by atoms with Crippen molar-refractivity contribution in [3.8, 4) is 17.4 Å². The Hall–Kier alpha value is -2.80. The number of nitrogens with zero attached hydrogens (tertiary/aromatic N) is 1. The first-order chi connectivity index (χ1) is 12.8. The van der Waals surface area contributed by atoms with Gasteiger partial charge in [0.05, 0.1) is 18.2 Å². The Labute approximate surface area is 164 Å². The lowest BCUT2D eigenvalue weighted by atomic mass is 10.1. The molecule has 3 aromatic rings. The van der Waals surface area contributed by atoms with Gasteiger partial charge in [0, 0.05) is 21.5 Å². The van der Waals surface area contributed by atoms with E-state index in [1.54, 1.807) is 30.3 Å². The van der Waals surface area contributed by atoms with Gasteiger partial charge in [-0.3, -0.25) is 14.8 Å². The van der Waals surface area contributed by atoms with Crippen LogP contribution in [0.15, 0.2) is 50.7 Å². The summed E-state index contributed by atoms with van der Waals surface area (Å²) in [5.74, 6) is 0.238. The molecule has 6 nitrogen and oxygen atoms in total. The van der Waals surface area contributed by atoms with E-state index >= 15 is 0 Å². The fraction of sp³-hybridized carbons (Fsp3) is 0.200. The van der Waals surface area contributed by atoms with E-state index < -0.39 is 0 Å². The molecule has 0 spiro atoms. The van der Waals surface area contributed by atoms with Crippen LogP contribution in [0, 0.1) is 0 Å². The van der Waals surface area contributed by atoms with Crippen molar-refractivity contribution < 1.29 is 14.9 Å². The van der Waals surface area contributed by atoms with Gasteiger partial charge in [-0.15, -0.1) is 0 Å². The molecule has 0 aliphatic carbocycles. The Morgan fingerprint density at radius 1 is 1.19 bits per heavy atom. The number of H-pyrrole nitrogens is 1. The minimum Gasteiger partial charge on any atom is -0.504 e. The zero-order valence-corrected chi connectivity index (χ0v) is 16.4. The van der Waals surface area contributed by atoms with Crippen LogP contribution in [0.4, 0.5) is 0 Å². The Balaban J connectivity index is 1.88. The lowest BCUT2D eigenvalue weighted by Gasteiger charge is -2.11. The summed E-state index contributed by atoms with van der Waals surface area (Å²) in [6.45, 7) is 4.07. The van der Waals surface area contributed by atoms with Crippen molar-refractivity contribution in [3.63, 3.8) is 0 Å². The van der Waals surface area contributed by atoms with Crippen LogP contribution in [0.3, 0.4) is 0 Å². The average molecular weight is 431 g/mol. The van der Waals surface area contributed by atoms with E-state index in [9.17, 15) is 15.0 Å². The van der Waals surface area contributed by atoms with Crippen LogP contribution in [-0.2, 0) is 6.54 Å². The molecule has 0 atom stereocenters. The molecule has 0 aliphatic rings. The quantitative estimate of drug-likeness (QED) is 0.530. The molecule has 1 aromatic heterocycles. The number of aromatic amines is 1. The maximum absolute atomic E-state index is 12.0. The average Bonchev–Trinajstić information content (AvgIpc) is 2.59. The van der Waals surface area contributed by atoms with Crippen molar-refractivity contribution in [3.05, 3.63) is 62.4 Å². The number of benzene rings is 2. The monoisotopic (exact) mass is 430 g/mol. The Morgan fingerprint density at radius 3 is 2.67 bits per heavy atom. The predicted octanol–water partition coefficient (Wildman–Crippen LogP) is 4.11. The van der Waals surface area contributed by atoms with Crippen molar-refractivity contribution in [2.45, 2.75) is 26.5 Å². The van der Waals surface area contributed by atoms with Gasteiger partial charge in [0.25, 0.3) is 5.56 Å². The van der Waals surface area contributed by atoms with Crippen molar-refractivity contribution in [1.29, 1.82) is 0 Å². The highest BCUT2D eigenvalue weighted by Gasteiger charge is 2.10. The molecule has 0 amide bonds. The highest BCUT2D eigenvalue weighted by molar-refractivity contribution is 9.10. The van der Waals surface area contributed by atoms with Crippen LogP contribution in [0.2, 0.25) is 0 Å². The summed E-state index contributed by atoms with van der Waals surface area (Å²) in [6, 6.07) is 10.3. The molecule has 0 saturated heterocycles. The van der Waals surface area contributed by atoms with Gasteiger partial charge in [0.1, 0.15) is 0 Å². The molecule has 140 valence electrons. The normalized spacial score (nSPS) is 11.6. The summed E-state index contributed by atoms with van der Waals surface area (Å²) < 4.78 is 6.29. The number of ether oxygens (including phenoxy) is 1. The number of aliphatic imine (C=N–C) groups is 1. The molecule has 0 bridgehead atoms. The van der Waals surface area contributed by atoms with Crippen LogP contribution in [0.1, 0.15) is 25.0 Å². The van der Waals surface area contributed by atoms with Crippen LogP contribution >= 0.6 is 15.9 Å². The van der Waals surface area contributed by atoms with E-state index in [0.717, 1.165) is 10.0 Å². The number of pyridine rings is 1. The molecule has 0 aliphatic heterocycles. The summed E-state index contributed by atoms with van der Waals surface area (Å²) in [4.78, 5) is 18.8. The maximum atomic E-state index is 12.0. The lowest BCUT2D eigenvalue weighted by molar-refractivity contribution is 0.232. The Kier molecular flexibility index (Phi) is 5.51. The summed E-state index contributed by atoms with van der Waals surface area (Å²) in [7, 11) is 0. The molecule has 0 unspecified atom stereocenters. The molecule has 0 saturated carbocycles. The predicted molar refractivity (Wildman–Crippen MR) is 109 cm³/mol. The standard InChI is InChI=1S/C20H19BrN2O4/c1-11(2)27-18-6-3-12(7-17(18)24)9-22-10-16-15-8-13(21)4-5-14(15)19(25)23-20(16)26/h3-8,10-11,24H,9H2,1-2H3,(H2,23,25,26). The number of phenolic OH excluding ortho intramolecular Hbond substituents is 1. The molecular formula is C20H19BrN2O4. The molecule has 7 heteroatoms. The van der Waals surface area contributed by atoms with E-state index in [2.05, 4.69) is 25.9 Å². The number of fused-ring (bicyclic) bond motifs is 1. The zero-order valence-electron chi connectivity index (χ0n) is 14.9. The molecule has 0 radical (unpaired) electrons. The van der Waals surface area contributed by atoms with E-state index in [-0.39, 0.29) is 23.3 Å². The fourth-order valence-electron chi connectivity index (χ4n) is 2.69. The van der Waals surface area contributed by atoms with E-state index in [1.165, 1.54) is 6.21 Å². The first kappa shape index (κ1) is 19.0. The number of hydrogen-bond donors (Lipinski definition) is 3. The maximum Gasteiger partial charge on any atom is 0.258 e. The Bertz CT molecular complexity index is 1070. The summed E-state index contributed by atoms with van der Waals surface area (Å²) in [5, 5.41) is 21.2. The first-order valence-electron chi connectivity index (χ1n) is 8.38. The van der Waals surface area contributed by atoms with E-state index in [0.29, 0.717) is 28.6 Å². The SMILES string of the molecule is CC(C)Oc1ccc(CN=Cc2c(O)[nH]c(=O)c3ccc(Br)cc23)cc1O. The van der Waals surface area contributed by atoms with Crippen molar-refractivity contribution in [2.24, 2.45) is 4.99 Å². The molecule has 3 N–H and O–H groups in total. The van der Waals surface area contributed by atoms with Crippen molar-refractivity contribution >= 4 is 32.9 Å². The second-order valence-electron chi connectivity index (χ2n) is 6.34. The van der Waals surface area contributed by atoms with E-state index in [1.807, 2.05) is 19.9 Å². The molecule has 27 heavy (non-hydrogen) atoms. The molecule has 1 heterocycles. The smallest absolute Gasteiger partial charge is 0.258 e. The number of halogens is 1. The first-order valence-corrected chi connectivity index (χ1v) is 9.17. The molecular weight excluding hydrogens is 412 g/mol. The summed E-state index contributed by atoms with van der Waals surface area (Å²) >= 11 is 3.37. The summed E-state index contributed by atoms with van der Waals surface area (Å²) in [6.07, 6.45) is 1.48. The second-order valence-corrected chi connectivity index (χ2v) is 7.26. The molecule has 0 fully saturated rings. The number of hydrogen-bond acceptors (Lipinski definition) is 5. The number of rotatable bonds is 5. The Morgan fingerprint density at radius 2 is 1.96 bits per heavy atom. The van der Waals surface area contributed by atoms with Gasteiger partial charge in [0.15, 0.2) is 11.5 Å². The number of aromatic hydroxyl groups is 2. The number of nitrogens with one attached hydrogen (secondary N) is 1. The minimum absolute atomic E-state index is 0.0319. The van der Waals surface area contributed by atoms with Gasteiger partial charge >= 0.3 is 0 Å². The van der Waals surface area contributed by atoms with Crippen LogP contribution in [0.5, 0.6) is 17.4 Å².